The summed E-state index contributed by atoms with van der Waals surface area (Å²) in [7, 11) is 0.510. The van der Waals surface area contributed by atoms with Crippen molar-refractivity contribution in [3.63, 3.8) is 0 Å². The molecule has 37 heavy (non-hydrogen) atoms. The Balaban J connectivity index is 3.67. The van der Waals surface area contributed by atoms with Crippen molar-refractivity contribution in [2.75, 3.05) is 7.11 Å². The molecule has 0 radical (unpaired) electrons. The van der Waals surface area contributed by atoms with E-state index in [0.717, 1.165) is 24.3 Å². The van der Waals surface area contributed by atoms with Crippen molar-refractivity contribution >= 4 is 11.6 Å². The van der Waals surface area contributed by atoms with Gasteiger partial charge in [-0.2, -0.15) is 74.6 Å². The molecule has 0 fully saturated rings. The van der Waals surface area contributed by atoms with Crippen molar-refractivity contribution in [1.29, 1.82) is 0 Å². The van der Waals surface area contributed by atoms with Gasteiger partial charge >= 0.3 is 47.6 Å². The average molecular weight is 603 g/mol. The number of rotatable bonds is 10. The van der Waals surface area contributed by atoms with Crippen LogP contribution in [-0.2, 0) is 10.3 Å². The minimum atomic E-state index is -8.67. The van der Waals surface area contributed by atoms with Gasteiger partial charge in [-0.15, -0.1) is 0 Å². The van der Waals surface area contributed by atoms with Crippen molar-refractivity contribution in [2.24, 2.45) is 0 Å². The summed E-state index contributed by atoms with van der Waals surface area (Å²) in [5.74, 6) is -56.8. The maximum atomic E-state index is 14.4. The molecule has 0 saturated carbocycles. The molecule has 0 spiro atoms. The van der Waals surface area contributed by atoms with Crippen LogP contribution in [0, 0.1) is 0 Å². The third-order valence-corrected chi connectivity index (χ3v) is 5.47. The van der Waals surface area contributed by atoms with Crippen LogP contribution in [0.5, 0.6) is 0 Å². The fourth-order valence-electron chi connectivity index (χ4n) is 2.84. The molecule has 1 unspecified atom stereocenters. The Hall–Kier alpha value is -1.72. The second kappa shape index (κ2) is 9.19. The molecule has 216 valence electrons. The van der Waals surface area contributed by atoms with Crippen molar-refractivity contribution < 1.29 is 79.4 Å². The van der Waals surface area contributed by atoms with Gasteiger partial charge in [0, 0.05) is 12.1 Å². The van der Waals surface area contributed by atoms with Gasteiger partial charge in [0.25, 0.3) is 0 Å². The molecular weight excluding hydrogens is 591 g/mol. The lowest BCUT2D eigenvalue weighted by Crippen LogP contribution is -2.74. The average Bonchev–Trinajstić information content (AvgIpc) is 2.71. The molecule has 0 N–H and O–H groups in total. The zero-order valence-corrected chi connectivity index (χ0v) is 18.5. The molecule has 0 aliphatic heterocycles. The van der Waals surface area contributed by atoms with Gasteiger partial charge in [0.2, 0.25) is 0 Å². The topological polar surface area (TPSA) is 9.23 Å². The first-order chi connectivity index (χ1) is 16.0. The zero-order valence-electron chi connectivity index (χ0n) is 17.7. The van der Waals surface area contributed by atoms with Crippen LogP contribution in [0.3, 0.4) is 0 Å². The van der Waals surface area contributed by atoms with Crippen molar-refractivity contribution in [1.82, 2.24) is 0 Å². The van der Waals surface area contributed by atoms with Crippen LogP contribution in [0.25, 0.3) is 0 Å². The number of hydrogen-bond donors (Lipinski definition) is 0. The Kier molecular flexibility index (Phi) is 8.27. The van der Waals surface area contributed by atoms with E-state index in [0.29, 0.717) is 14.0 Å². The predicted molar refractivity (Wildman–Crippen MR) is 91.1 cm³/mol. The Labute approximate surface area is 200 Å². The Morgan fingerprint density at radius 1 is 0.622 bits per heavy atom. The second-order valence-corrected chi connectivity index (χ2v) is 8.21. The molecule has 0 aliphatic carbocycles. The summed E-state index contributed by atoms with van der Waals surface area (Å²) in [4.78, 5) is 0. The highest BCUT2D eigenvalue weighted by Gasteiger charge is 2.95. The smallest absolute Gasteiger partial charge is 0.374 e. The highest BCUT2D eigenvalue weighted by atomic mass is 35.5. The minimum absolute atomic E-state index is 0.291. The first-order valence-corrected chi connectivity index (χ1v) is 9.42. The summed E-state index contributed by atoms with van der Waals surface area (Å²) < 4.78 is 233. The molecule has 0 bridgehead atoms. The van der Waals surface area contributed by atoms with Crippen molar-refractivity contribution in [2.45, 2.75) is 66.6 Å². The standard InChI is InChI=1S/C18H12ClF17O/c1-10(37-2,8-4-3-5-9(19)6-8)7-11(20,21)12(22,23)13(24,25)14(26,27)15(28,29)16(30,31)17(32,33)18(34,35)36/h3-6H,7H2,1-2H3. The lowest BCUT2D eigenvalue weighted by Gasteiger charge is -2.44. The lowest BCUT2D eigenvalue weighted by atomic mass is 9.83. The number of benzene rings is 1. The highest BCUT2D eigenvalue weighted by molar-refractivity contribution is 6.30. The number of methoxy groups -OCH3 is 1. The summed E-state index contributed by atoms with van der Waals surface area (Å²) in [5, 5.41) is -0.291. The number of ether oxygens (including phenoxy) is 1. The maximum Gasteiger partial charge on any atom is 0.460 e. The molecule has 1 rings (SSSR count). The van der Waals surface area contributed by atoms with Crippen LogP contribution in [0.2, 0.25) is 5.02 Å². The Morgan fingerprint density at radius 2 is 1.00 bits per heavy atom. The van der Waals surface area contributed by atoms with Crippen LogP contribution in [-0.4, -0.2) is 54.7 Å². The molecule has 0 amide bonds. The number of halogens is 18. The molecule has 0 heterocycles. The summed E-state index contributed by atoms with van der Waals surface area (Å²) in [6.45, 7) is 0.478. The molecule has 19 heteroatoms. The largest absolute Gasteiger partial charge is 0.460 e. The highest BCUT2D eigenvalue weighted by Crippen LogP contribution is 2.64. The van der Waals surface area contributed by atoms with Gasteiger partial charge in [0.15, 0.2) is 0 Å². The first-order valence-electron chi connectivity index (χ1n) is 9.04. The zero-order chi connectivity index (χ0) is 29.9. The fraction of sp³-hybridized carbons (Fsp3) is 0.667. The maximum absolute atomic E-state index is 14.4. The summed E-state index contributed by atoms with van der Waals surface area (Å²) >= 11 is 5.56. The van der Waals surface area contributed by atoms with Crippen LogP contribution in [0.4, 0.5) is 74.6 Å². The van der Waals surface area contributed by atoms with E-state index in [4.69, 9.17) is 11.6 Å². The third kappa shape index (κ3) is 4.80. The van der Waals surface area contributed by atoms with Crippen LogP contribution in [0.1, 0.15) is 18.9 Å². The molecule has 0 aliphatic rings. The van der Waals surface area contributed by atoms with E-state index in [2.05, 4.69) is 4.74 Å². The van der Waals surface area contributed by atoms with E-state index in [1.54, 1.807) is 0 Å². The van der Waals surface area contributed by atoms with Gasteiger partial charge in [-0.05, 0) is 24.6 Å². The normalized spacial score (nSPS) is 17.1. The quantitative estimate of drug-likeness (QED) is 0.244. The fourth-order valence-corrected chi connectivity index (χ4v) is 3.03. The molecule has 1 atom stereocenters. The minimum Gasteiger partial charge on any atom is -0.374 e. The molecule has 1 aromatic carbocycles. The van der Waals surface area contributed by atoms with E-state index in [-0.39, 0.29) is 5.02 Å². The van der Waals surface area contributed by atoms with Gasteiger partial charge < -0.3 is 4.74 Å². The monoisotopic (exact) mass is 602 g/mol. The Bertz CT molecular complexity index is 971. The van der Waals surface area contributed by atoms with E-state index >= 15 is 0 Å². The van der Waals surface area contributed by atoms with Crippen LogP contribution >= 0.6 is 11.6 Å². The van der Waals surface area contributed by atoms with Crippen LogP contribution in [0.15, 0.2) is 24.3 Å². The molecule has 0 aromatic heterocycles. The number of alkyl halides is 17. The van der Waals surface area contributed by atoms with Gasteiger partial charge in [0.1, 0.15) is 0 Å². The summed E-state index contributed by atoms with van der Waals surface area (Å²) in [6.07, 6.45) is -10.6. The third-order valence-electron chi connectivity index (χ3n) is 5.23. The van der Waals surface area contributed by atoms with E-state index in [1.807, 2.05) is 0 Å². The van der Waals surface area contributed by atoms with Gasteiger partial charge in [-0.25, -0.2) is 0 Å². The predicted octanol–water partition coefficient (Wildman–Crippen LogP) is 8.60. The van der Waals surface area contributed by atoms with Crippen molar-refractivity contribution in [3.05, 3.63) is 34.9 Å². The summed E-state index contributed by atoms with van der Waals surface area (Å²) in [5.41, 5.74) is -3.45. The second-order valence-electron chi connectivity index (χ2n) is 7.77. The summed E-state index contributed by atoms with van der Waals surface area (Å²) in [6, 6.07) is 3.63. The molecular formula is C18H12ClF17O. The van der Waals surface area contributed by atoms with Gasteiger partial charge in [-0.1, -0.05) is 23.7 Å². The first kappa shape index (κ1) is 33.3. The molecule has 1 aromatic rings. The SMILES string of the molecule is COC(C)(CC(F)(F)C(F)(F)C(F)(F)C(F)(F)C(F)(F)C(F)(F)C(F)(F)C(F)(F)F)c1cccc(Cl)c1. The van der Waals surface area contributed by atoms with E-state index < -0.39 is 65.2 Å². The Morgan fingerprint density at radius 3 is 1.35 bits per heavy atom. The van der Waals surface area contributed by atoms with Gasteiger partial charge in [-0.3, -0.25) is 0 Å². The van der Waals surface area contributed by atoms with E-state index in [1.165, 1.54) is 0 Å². The van der Waals surface area contributed by atoms with Crippen molar-refractivity contribution in [3.8, 4) is 0 Å². The number of hydrogen-bond acceptors (Lipinski definition) is 1. The van der Waals surface area contributed by atoms with E-state index in [9.17, 15) is 74.6 Å². The lowest BCUT2D eigenvalue weighted by molar-refractivity contribution is -0.462. The molecule has 1 nitrogen and oxygen atoms in total. The van der Waals surface area contributed by atoms with Crippen LogP contribution < -0.4 is 0 Å². The molecule has 0 saturated heterocycles. The van der Waals surface area contributed by atoms with Gasteiger partial charge in [0.05, 0.1) is 12.0 Å².